The van der Waals surface area contributed by atoms with Gasteiger partial charge in [0.1, 0.15) is 0 Å². The van der Waals surface area contributed by atoms with Crippen LogP contribution in [-0.4, -0.2) is 54.0 Å². The molecule has 0 aliphatic carbocycles. The maximum atomic E-state index is 13.5. The number of fused-ring (bicyclic) bond motifs is 3. The number of para-hydroxylation sites is 1. The Bertz CT molecular complexity index is 1080. The Morgan fingerprint density at radius 3 is 2.60 bits per heavy atom. The van der Waals surface area contributed by atoms with Crippen LogP contribution in [0.15, 0.2) is 54.7 Å². The first-order chi connectivity index (χ1) is 14.6. The number of carbonyl (C=O) groups is 1. The number of benzene rings is 2. The fraction of sp³-hybridized carbons (Fsp3) is 0.400. The molecule has 0 atom stereocenters. The Morgan fingerprint density at radius 2 is 1.80 bits per heavy atom. The highest BCUT2D eigenvalue weighted by Crippen LogP contribution is 2.44. The molecule has 1 amide bonds. The van der Waals surface area contributed by atoms with Crippen LogP contribution < -0.4 is 0 Å². The molecule has 5 nitrogen and oxygen atoms in total. The molecule has 3 heterocycles. The standard InChI is InChI=1S/C25H29N3O2/c1-26(2)15-16-28-17-21(20-8-4-6-10-23(20)28)24(29)27-13-11-25(12-14-27)22-9-5-3-7-19(22)18-30-25/h3-10,17H,11-16,18H2,1-2H3. The summed E-state index contributed by atoms with van der Waals surface area (Å²) in [5, 5.41) is 1.05. The smallest absolute Gasteiger partial charge is 0.256 e. The van der Waals surface area contributed by atoms with Gasteiger partial charge < -0.3 is 19.1 Å². The highest BCUT2D eigenvalue weighted by atomic mass is 16.5. The van der Waals surface area contributed by atoms with Crippen molar-refractivity contribution < 1.29 is 9.53 Å². The normalized spacial score (nSPS) is 17.8. The lowest BCUT2D eigenvalue weighted by Gasteiger charge is -2.39. The molecule has 0 radical (unpaired) electrons. The van der Waals surface area contributed by atoms with E-state index in [9.17, 15) is 4.79 Å². The average Bonchev–Trinajstić information content (AvgIpc) is 3.32. The molecule has 0 saturated carbocycles. The molecule has 0 unspecified atom stereocenters. The Labute approximate surface area is 177 Å². The molecule has 5 heteroatoms. The summed E-state index contributed by atoms with van der Waals surface area (Å²) in [5.74, 6) is 0.135. The van der Waals surface area contributed by atoms with E-state index in [1.807, 2.05) is 23.2 Å². The van der Waals surface area contributed by atoms with E-state index in [1.54, 1.807) is 0 Å². The van der Waals surface area contributed by atoms with Gasteiger partial charge in [0.2, 0.25) is 0 Å². The zero-order chi connectivity index (χ0) is 20.7. The van der Waals surface area contributed by atoms with Crippen LogP contribution in [0.3, 0.4) is 0 Å². The summed E-state index contributed by atoms with van der Waals surface area (Å²) in [7, 11) is 4.15. The third-order valence-corrected chi connectivity index (χ3v) is 6.68. The molecule has 1 fully saturated rings. The second kappa shape index (κ2) is 7.56. The highest BCUT2D eigenvalue weighted by molar-refractivity contribution is 6.07. The molecular weight excluding hydrogens is 374 g/mol. The maximum Gasteiger partial charge on any atom is 0.256 e. The van der Waals surface area contributed by atoms with E-state index < -0.39 is 0 Å². The number of amides is 1. The second-order valence-corrected chi connectivity index (χ2v) is 8.79. The second-order valence-electron chi connectivity index (χ2n) is 8.79. The number of hydrogen-bond acceptors (Lipinski definition) is 3. The van der Waals surface area contributed by atoms with Crippen LogP contribution in [0.1, 0.15) is 34.3 Å². The molecule has 3 aromatic rings. The Kier molecular flexibility index (Phi) is 4.88. The molecule has 2 aromatic carbocycles. The van der Waals surface area contributed by atoms with E-state index >= 15 is 0 Å². The number of likely N-dealkylation sites (N-methyl/N-ethyl adjacent to an activating group) is 1. The molecule has 1 aromatic heterocycles. The summed E-state index contributed by atoms with van der Waals surface area (Å²) in [4.78, 5) is 17.6. The molecule has 30 heavy (non-hydrogen) atoms. The van der Waals surface area contributed by atoms with Gasteiger partial charge >= 0.3 is 0 Å². The lowest BCUT2D eigenvalue weighted by molar-refractivity contribution is -0.0741. The topological polar surface area (TPSA) is 37.7 Å². The number of nitrogens with zero attached hydrogens (tertiary/aromatic N) is 3. The van der Waals surface area contributed by atoms with Crippen molar-refractivity contribution in [1.29, 1.82) is 0 Å². The zero-order valence-electron chi connectivity index (χ0n) is 17.8. The van der Waals surface area contributed by atoms with E-state index in [0.717, 1.165) is 55.5 Å². The van der Waals surface area contributed by atoms with Gasteiger partial charge in [0.05, 0.1) is 17.8 Å². The van der Waals surface area contributed by atoms with Gasteiger partial charge in [0.15, 0.2) is 0 Å². The van der Waals surface area contributed by atoms with Gasteiger partial charge in [0.25, 0.3) is 5.91 Å². The van der Waals surface area contributed by atoms with Crippen LogP contribution in [0.5, 0.6) is 0 Å². The quantitative estimate of drug-likeness (QED) is 0.664. The van der Waals surface area contributed by atoms with Crippen LogP contribution in [-0.2, 0) is 23.5 Å². The van der Waals surface area contributed by atoms with Crippen LogP contribution in [0.25, 0.3) is 10.9 Å². The lowest BCUT2D eigenvalue weighted by atomic mass is 9.83. The fourth-order valence-electron chi connectivity index (χ4n) is 4.95. The van der Waals surface area contributed by atoms with Crippen molar-refractivity contribution in [2.24, 2.45) is 0 Å². The van der Waals surface area contributed by atoms with Gasteiger partial charge in [-0.05, 0) is 44.1 Å². The number of carbonyl (C=O) groups excluding carboxylic acids is 1. The summed E-state index contributed by atoms with van der Waals surface area (Å²) in [5.41, 5.74) is 4.34. The van der Waals surface area contributed by atoms with Gasteiger partial charge in [-0.2, -0.15) is 0 Å². The van der Waals surface area contributed by atoms with Crippen molar-refractivity contribution in [2.75, 3.05) is 33.7 Å². The fourth-order valence-corrected chi connectivity index (χ4v) is 4.95. The summed E-state index contributed by atoms with van der Waals surface area (Å²) < 4.78 is 8.48. The molecule has 1 saturated heterocycles. The first-order valence-electron chi connectivity index (χ1n) is 10.8. The summed E-state index contributed by atoms with van der Waals surface area (Å²) in [6.07, 6.45) is 3.76. The number of aromatic nitrogens is 1. The minimum Gasteiger partial charge on any atom is -0.365 e. The van der Waals surface area contributed by atoms with Crippen LogP contribution in [0.2, 0.25) is 0 Å². The SMILES string of the molecule is CN(C)CCn1cc(C(=O)N2CCC3(CC2)OCc2ccccc23)c2ccccc21. The monoisotopic (exact) mass is 403 g/mol. The van der Waals surface area contributed by atoms with Crippen molar-refractivity contribution in [3.05, 3.63) is 71.4 Å². The largest absolute Gasteiger partial charge is 0.365 e. The van der Waals surface area contributed by atoms with E-state index in [4.69, 9.17) is 4.74 Å². The third kappa shape index (κ3) is 3.22. The van der Waals surface area contributed by atoms with Crippen molar-refractivity contribution in [3.63, 3.8) is 0 Å². The lowest BCUT2D eigenvalue weighted by Crippen LogP contribution is -2.45. The van der Waals surface area contributed by atoms with Crippen molar-refractivity contribution in [2.45, 2.75) is 31.6 Å². The Hall–Kier alpha value is -2.63. The van der Waals surface area contributed by atoms with Crippen molar-refractivity contribution >= 4 is 16.8 Å². The zero-order valence-corrected chi connectivity index (χ0v) is 17.8. The molecular formula is C25H29N3O2. The van der Waals surface area contributed by atoms with Crippen LogP contribution in [0, 0.1) is 0 Å². The number of likely N-dealkylation sites (tertiary alicyclic amines) is 1. The first kappa shape index (κ1) is 19.3. The number of ether oxygens (including phenoxy) is 1. The number of rotatable bonds is 4. The average molecular weight is 404 g/mol. The predicted octanol–water partition coefficient (Wildman–Crippen LogP) is 3.86. The molecule has 5 rings (SSSR count). The first-order valence-corrected chi connectivity index (χ1v) is 10.8. The molecule has 2 aliphatic heterocycles. The van der Waals surface area contributed by atoms with Crippen LogP contribution in [0.4, 0.5) is 0 Å². The predicted molar refractivity (Wildman–Crippen MR) is 119 cm³/mol. The van der Waals surface area contributed by atoms with E-state index in [-0.39, 0.29) is 11.5 Å². The number of hydrogen-bond donors (Lipinski definition) is 0. The maximum absolute atomic E-state index is 13.5. The van der Waals surface area contributed by atoms with Gasteiger partial charge in [-0.1, -0.05) is 42.5 Å². The summed E-state index contributed by atoms with van der Waals surface area (Å²) >= 11 is 0. The Morgan fingerprint density at radius 1 is 1.07 bits per heavy atom. The van der Waals surface area contributed by atoms with Crippen molar-refractivity contribution in [1.82, 2.24) is 14.4 Å². The Balaban J connectivity index is 1.37. The van der Waals surface area contributed by atoms with Gasteiger partial charge in [-0.15, -0.1) is 0 Å². The minimum atomic E-state index is -0.215. The van der Waals surface area contributed by atoms with Gasteiger partial charge in [-0.3, -0.25) is 4.79 Å². The molecule has 0 bridgehead atoms. The molecule has 2 aliphatic rings. The van der Waals surface area contributed by atoms with Crippen LogP contribution >= 0.6 is 0 Å². The van der Waals surface area contributed by atoms with Gasteiger partial charge in [0, 0.05) is 43.3 Å². The van der Waals surface area contributed by atoms with E-state index in [2.05, 4.69) is 60.0 Å². The minimum absolute atomic E-state index is 0.135. The summed E-state index contributed by atoms with van der Waals surface area (Å²) in [6, 6.07) is 16.8. The number of piperidine rings is 1. The van der Waals surface area contributed by atoms with E-state index in [1.165, 1.54) is 11.1 Å². The molecule has 0 N–H and O–H groups in total. The van der Waals surface area contributed by atoms with Gasteiger partial charge in [-0.25, -0.2) is 0 Å². The molecule has 1 spiro atoms. The molecule has 156 valence electrons. The summed E-state index contributed by atoms with van der Waals surface area (Å²) in [6.45, 7) is 3.95. The van der Waals surface area contributed by atoms with E-state index in [0.29, 0.717) is 6.61 Å². The highest BCUT2D eigenvalue weighted by Gasteiger charge is 2.43. The van der Waals surface area contributed by atoms with Crippen molar-refractivity contribution in [3.8, 4) is 0 Å². The third-order valence-electron chi connectivity index (χ3n) is 6.68.